The van der Waals surface area contributed by atoms with Gasteiger partial charge in [-0.15, -0.1) is 10.2 Å². The smallest absolute Gasteiger partial charge is 0.311 e. The Bertz CT molecular complexity index is 870. The fourth-order valence-corrected chi connectivity index (χ4v) is 3.42. The van der Waals surface area contributed by atoms with Crippen molar-refractivity contribution in [3.8, 4) is 5.75 Å². The summed E-state index contributed by atoms with van der Waals surface area (Å²) in [5.74, 6) is 1.60. The minimum absolute atomic E-state index is 0.0772. The Morgan fingerprint density at radius 3 is 2.77 bits per heavy atom. The summed E-state index contributed by atoms with van der Waals surface area (Å²) in [5, 5.41) is 23.5. The molecular formula is C20H24ClN5O4. The van der Waals surface area contributed by atoms with Gasteiger partial charge in [-0.3, -0.25) is 10.1 Å². The molecule has 1 aromatic carbocycles. The zero-order valence-corrected chi connectivity index (χ0v) is 17.5. The molecule has 0 N–H and O–H groups in total. The molecule has 0 radical (unpaired) electrons. The van der Waals surface area contributed by atoms with E-state index in [-0.39, 0.29) is 11.4 Å². The van der Waals surface area contributed by atoms with Crippen molar-refractivity contribution < 1.29 is 14.5 Å². The zero-order chi connectivity index (χ0) is 21.3. The van der Waals surface area contributed by atoms with Crippen molar-refractivity contribution in [2.45, 2.75) is 26.2 Å². The van der Waals surface area contributed by atoms with E-state index < -0.39 is 4.92 Å². The minimum atomic E-state index is -0.445. The number of aromatic nitrogens is 2. The lowest BCUT2D eigenvalue weighted by Gasteiger charge is -2.32. The maximum Gasteiger partial charge on any atom is 0.311 e. The summed E-state index contributed by atoms with van der Waals surface area (Å²) in [7, 11) is 0. The van der Waals surface area contributed by atoms with Crippen LogP contribution in [0.4, 0.5) is 11.5 Å². The number of ether oxygens (including phenoxy) is 1. The molecule has 2 heterocycles. The Labute approximate surface area is 179 Å². The normalized spacial score (nSPS) is 14.8. The summed E-state index contributed by atoms with van der Waals surface area (Å²) < 4.78 is 5.74. The quantitative estimate of drug-likeness (QED) is 0.333. The lowest BCUT2D eigenvalue weighted by Crippen LogP contribution is -2.34. The van der Waals surface area contributed by atoms with Gasteiger partial charge in [-0.2, -0.15) is 0 Å². The highest BCUT2D eigenvalue weighted by molar-refractivity contribution is 6.29. The first-order valence-electron chi connectivity index (χ1n) is 9.87. The first-order valence-corrected chi connectivity index (χ1v) is 10.3. The Hall–Kier alpha value is -2.94. The SMILES string of the molecule is CCO/N=C/c1ccc(OCCC2CCN(c3ccc(Cl)nn3)CC2)c([N+](=O)[O-])c1. The van der Waals surface area contributed by atoms with Crippen LogP contribution in [-0.2, 0) is 4.84 Å². The van der Waals surface area contributed by atoms with E-state index in [2.05, 4.69) is 20.3 Å². The van der Waals surface area contributed by atoms with Crippen LogP contribution in [0.1, 0.15) is 31.7 Å². The van der Waals surface area contributed by atoms with Gasteiger partial charge in [0.15, 0.2) is 16.7 Å². The maximum absolute atomic E-state index is 11.4. The number of piperidine rings is 1. The molecule has 0 saturated carbocycles. The van der Waals surface area contributed by atoms with E-state index in [1.54, 1.807) is 18.2 Å². The highest BCUT2D eigenvalue weighted by Gasteiger charge is 2.21. The highest BCUT2D eigenvalue weighted by Crippen LogP contribution is 2.29. The Balaban J connectivity index is 1.49. The molecule has 0 amide bonds. The van der Waals surface area contributed by atoms with Gasteiger partial charge in [0.25, 0.3) is 0 Å². The van der Waals surface area contributed by atoms with Crippen molar-refractivity contribution in [3.05, 3.63) is 51.2 Å². The van der Waals surface area contributed by atoms with Crippen LogP contribution < -0.4 is 9.64 Å². The standard InChI is InChI=1S/C20H24ClN5O4/c1-2-30-22-14-16-3-4-18(17(13-16)26(27)28)29-12-9-15-7-10-25(11-8-15)20-6-5-19(21)23-24-20/h3-6,13-15H,2,7-12H2,1H3/b22-14+. The van der Waals surface area contributed by atoms with Crippen LogP contribution in [-0.4, -0.2) is 47.6 Å². The highest BCUT2D eigenvalue weighted by atomic mass is 35.5. The molecule has 10 heteroatoms. The third-order valence-corrected chi connectivity index (χ3v) is 5.13. The lowest BCUT2D eigenvalue weighted by atomic mass is 9.94. The molecule has 160 valence electrons. The number of anilines is 1. The van der Waals surface area contributed by atoms with Crippen LogP contribution in [0.2, 0.25) is 5.15 Å². The molecule has 1 fully saturated rings. The second-order valence-electron chi connectivity index (χ2n) is 6.92. The van der Waals surface area contributed by atoms with E-state index in [1.807, 2.05) is 13.0 Å². The van der Waals surface area contributed by atoms with Crippen molar-refractivity contribution in [2.24, 2.45) is 11.1 Å². The van der Waals surface area contributed by atoms with E-state index in [1.165, 1.54) is 12.3 Å². The molecule has 30 heavy (non-hydrogen) atoms. The largest absolute Gasteiger partial charge is 0.487 e. The van der Waals surface area contributed by atoms with E-state index in [4.69, 9.17) is 21.2 Å². The van der Waals surface area contributed by atoms with Gasteiger partial charge < -0.3 is 14.5 Å². The van der Waals surface area contributed by atoms with Crippen molar-refractivity contribution in [3.63, 3.8) is 0 Å². The van der Waals surface area contributed by atoms with Gasteiger partial charge in [-0.1, -0.05) is 16.8 Å². The van der Waals surface area contributed by atoms with E-state index in [0.29, 0.717) is 29.8 Å². The summed E-state index contributed by atoms with van der Waals surface area (Å²) in [4.78, 5) is 18.0. The number of nitrogens with zero attached hydrogens (tertiary/aromatic N) is 5. The molecule has 0 bridgehead atoms. The van der Waals surface area contributed by atoms with Crippen molar-refractivity contribution in [1.29, 1.82) is 0 Å². The van der Waals surface area contributed by atoms with E-state index in [9.17, 15) is 10.1 Å². The Morgan fingerprint density at radius 2 is 2.10 bits per heavy atom. The van der Waals surface area contributed by atoms with E-state index >= 15 is 0 Å². The second kappa shape index (κ2) is 10.7. The van der Waals surface area contributed by atoms with Crippen molar-refractivity contribution >= 4 is 29.3 Å². The van der Waals surface area contributed by atoms with Gasteiger partial charge in [0.05, 0.1) is 17.7 Å². The number of rotatable bonds is 9. The fourth-order valence-electron chi connectivity index (χ4n) is 3.32. The average Bonchev–Trinajstić information content (AvgIpc) is 2.75. The van der Waals surface area contributed by atoms with Gasteiger partial charge in [0, 0.05) is 24.7 Å². The zero-order valence-electron chi connectivity index (χ0n) is 16.7. The molecular weight excluding hydrogens is 410 g/mol. The lowest BCUT2D eigenvalue weighted by molar-refractivity contribution is -0.385. The predicted octanol–water partition coefficient (Wildman–Crippen LogP) is 4.09. The number of nitro groups is 1. The molecule has 1 aromatic heterocycles. The van der Waals surface area contributed by atoms with Crippen molar-refractivity contribution in [2.75, 3.05) is 31.2 Å². The molecule has 0 spiro atoms. The molecule has 1 aliphatic heterocycles. The summed E-state index contributed by atoms with van der Waals surface area (Å²) >= 11 is 5.79. The number of oxime groups is 1. The monoisotopic (exact) mass is 433 g/mol. The maximum atomic E-state index is 11.4. The summed E-state index contributed by atoms with van der Waals surface area (Å²) in [6.07, 6.45) is 4.29. The van der Waals surface area contributed by atoms with Gasteiger partial charge in [-0.05, 0) is 56.4 Å². The second-order valence-corrected chi connectivity index (χ2v) is 7.31. The van der Waals surface area contributed by atoms with Crippen LogP contribution in [0.25, 0.3) is 0 Å². The Morgan fingerprint density at radius 1 is 1.30 bits per heavy atom. The molecule has 1 aliphatic rings. The summed E-state index contributed by atoms with van der Waals surface area (Å²) in [6.45, 7) is 4.45. The molecule has 0 unspecified atom stereocenters. The number of halogens is 1. The van der Waals surface area contributed by atoms with Gasteiger partial charge in [0.2, 0.25) is 0 Å². The van der Waals surface area contributed by atoms with Gasteiger partial charge in [0.1, 0.15) is 6.61 Å². The molecule has 9 nitrogen and oxygen atoms in total. The third kappa shape index (κ3) is 6.03. The third-order valence-electron chi connectivity index (χ3n) is 4.93. The molecule has 2 aromatic rings. The number of hydrogen-bond donors (Lipinski definition) is 0. The summed E-state index contributed by atoms with van der Waals surface area (Å²) in [6, 6.07) is 8.37. The molecule has 0 aliphatic carbocycles. The van der Waals surface area contributed by atoms with Gasteiger partial charge in [-0.25, -0.2) is 0 Å². The van der Waals surface area contributed by atoms with Crippen molar-refractivity contribution in [1.82, 2.24) is 10.2 Å². The molecule has 0 atom stereocenters. The molecule has 3 rings (SSSR count). The minimum Gasteiger partial charge on any atom is -0.487 e. The predicted molar refractivity (Wildman–Crippen MR) is 114 cm³/mol. The number of benzene rings is 1. The number of nitro benzene ring substituents is 1. The van der Waals surface area contributed by atoms with Crippen LogP contribution in [0, 0.1) is 16.0 Å². The first-order chi connectivity index (χ1) is 14.6. The van der Waals surface area contributed by atoms with Crippen LogP contribution in [0.3, 0.4) is 0 Å². The summed E-state index contributed by atoms with van der Waals surface area (Å²) in [5.41, 5.74) is 0.506. The van der Waals surface area contributed by atoms with Crippen LogP contribution in [0.5, 0.6) is 5.75 Å². The fraction of sp³-hybridized carbons (Fsp3) is 0.450. The van der Waals surface area contributed by atoms with Crippen LogP contribution in [0.15, 0.2) is 35.5 Å². The Kier molecular flexibility index (Phi) is 7.78. The first kappa shape index (κ1) is 21.8. The molecule has 1 saturated heterocycles. The van der Waals surface area contributed by atoms with Gasteiger partial charge >= 0.3 is 5.69 Å². The van der Waals surface area contributed by atoms with E-state index in [0.717, 1.165) is 38.2 Å². The van der Waals surface area contributed by atoms with Crippen LogP contribution >= 0.6 is 11.6 Å². The average molecular weight is 434 g/mol. The topological polar surface area (TPSA) is 103 Å². The number of hydrogen-bond acceptors (Lipinski definition) is 8.